The van der Waals surface area contributed by atoms with Crippen LogP contribution in [0.25, 0.3) is 0 Å². The number of aromatic nitrogens is 1. The first-order valence-corrected chi connectivity index (χ1v) is 7.55. The zero-order chi connectivity index (χ0) is 14.1. The molecule has 1 aliphatic heterocycles. The molecule has 0 bridgehead atoms. The van der Waals surface area contributed by atoms with Gasteiger partial charge >= 0.3 is 0 Å². The topological polar surface area (TPSA) is 45.2 Å². The number of nitrogens with one attached hydrogen (secondary N) is 1. The lowest BCUT2D eigenvalue weighted by Crippen LogP contribution is -2.26. The number of hydrogen-bond acceptors (Lipinski definition) is 4. The Morgan fingerprint density at radius 3 is 2.86 bits per heavy atom. The first kappa shape index (κ1) is 18.7. The van der Waals surface area contributed by atoms with E-state index in [0.717, 1.165) is 34.9 Å². The molecule has 1 aromatic carbocycles. The van der Waals surface area contributed by atoms with E-state index < -0.39 is 0 Å². The summed E-state index contributed by atoms with van der Waals surface area (Å²) in [6.45, 7) is 3.49. The molecule has 0 saturated heterocycles. The Labute approximate surface area is 146 Å². The van der Waals surface area contributed by atoms with Gasteiger partial charge in [0.25, 0.3) is 5.91 Å². The molecule has 1 amide bonds. The summed E-state index contributed by atoms with van der Waals surface area (Å²) < 4.78 is 0. The van der Waals surface area contributed by atoms with Crippen molar-refractivity contribution in [2.24, 2.45) is 0 Å². The summed E-state index contributed by atoms with van der Waals surface area (Å²) in [6, 6.07) is 5.89. The van der Waals surface area contributed by atoms with Crippen molar-refractivity contribution in [2.45, 2.75) is 19.9 Å². The highest BCUT2D eigenvalue weighted by molar-refractivity contribution is 7.09. The van der Waals surface area contributed by atoms with E-state index in [-0.39, 0.29) is 30.7 Å². The van der Waals surface area contributed by atoms with Crippen LogP contribution in [-0.2, 0) is 13.0 Å². The van der Waals surface area contributed by atoms with Crippen LogP contribution < -0.4 is 5.32 Å². The molecule has 0 spiro atoms. The summed E-state index contributed by atoms with van der Waals surface area (Å²) in [6.07, 6.45) is 0.992. The van der Waals surface area contributed by atoms with E-state index in [1.807, 2.05) is 37.6 Å². The molecule has 120 valence electrons. The fraction of sp³-hybridized carbons (Fsp3) is 0.333. The molecule has 0 unspecified atom stereocenters. The SMILES string of the molecule is Cc1nc(CN(C)C(=O)c2ccc3c(c2)CCN3)cs1.Cl.Cl. The Balaban J connectivity index is 0.00000121. The molecule has 2 heterocycles. The molecular weight excluding hydrogens is 341 g/mol. The number of fused-ring (bicyclic) bond motifs is 1. The summed E-state index contributed by atoms with van der Waals surface area (Å²) >= 11 is 1.61. The third kappa shape index (κ3) is 3.91. The summed E-state index contributed by atoms with van der Waals surface area (Å²) in [5.41, 5.74) is 4.08. The van der Waals surface area contributed by atoms with Crippen LogP contribution in [0.3, 0.4) is 0 Å². The van der Waals surface area contributed by atoms with Crippen molar-refractivity contribution in [2.75, 3.05) is 18.9 Å². The van der Waals surface area contributed by atoms with Crippen LogP contribution in [0.1, 0.15) is 26.6 Å². The molecule has 1 aliphatic rings. The van der Waals surface area contributed by atoms with Crippen LogP contribution in [0, 0.1) is 6.92 Å². The Hall–Kier alpha value is -1.30. The van der Waals surface area contributed by atoms with Gasteiger partial charge in [-0.3, -0.25) is 4.79 Å². The second-order valence-electron chi connectivity index (χ2n) is 5.07. The fourth-order valence-electron chi connectivity index (χ4n) is 2.45. The number of benzene rings is 1. The van der Waals surface area contributed by atoms with Crippen LogP contribution in [0.5, 0.6) is 0 Å². The molecule has 3 rings (SSSR count). The number of nitrogens with zero attached hydrogens (tertiary/aromatic N) is 2. The number of rotatable bonds is 3. The van der Waals surface area contributed by atoms with Gasteiger partial charge in [0.2, 0.25) is 0 Å². The normalized spacial score (nSPS) is 11.7. The van der Waals surface area contributed by atoms with E-state index in [9.17, 15) is 4.79 Å². The molecule has 4 nitrogen and oxygen atoms in total. The monoisotopic (exact) mass is 359 g/mol. The van der Waals surface area contributed by atoms with Gasteiger partial charge in [-0.05, 0) is 37.1 Å². The predicted octanol–water partition coefficient (Wildman–Crippen LogP) is 3.54. The van der Waals surface area contributed by atoms with Crippen LogP contribution in [-0.4, -0.2) is 29.4 Å². The van der Waals surface area contributed by atoms with Crippen molar-refractivity contribution >= 4 is 47.7 Å². The highest BCUT2D eigenvalue weighted by atomic mass is 35.5. The minimum atomic E-state index is 0. The third-order valence-electron chi connectivity index (χ3n) is 3.47. The fourth-order valence-corrected chi connectivity index (χ4v) is 3.06. The van der Waals surface area contributed by atoms with Crippen LogP contribution in [0.4, 0.5) is 5.69 Å². The number of anilines is 1. The number of amides is 1. The maximum Gasteiger partial charge on any atom is 0.253 e. The summed E-state index contributed by atoms with van der Waals surface area (Å²) in [5.74, 6) is 0.0466. The lowest BCUT2D eigenvalue weighted by atomic mass is 10.1. The molecule has 0 saturated carbocycles. The molecule has 0 radical (unpaired) electrons. The maximum absolute atomic E-state index is 12.4. The minimum absolute atomic E-state index is 0. The maximum atomic E-state index is 12.4. The number of halogens is 2. The second kappa shape index (κ2) is 7.81. The van der Waals surface area contributed by atoms with Crippen LogP contribution in [0.2, 0.25) is 0 Å². The van der Waals surface area contributed by atoms with Crippen molar-refractivity contribution < 1.29 is 4.79 Å². The number of aryl methyl sites for hydroxylation is 1. The van der Waals surface area contributed by atoms with Crippen LogP contribution >= 0.6 is 36.2 Å². The van der Waals surface area contributed by atoms with Crippen molar-refractivity contribution in [3.63, 3.8) is 0 Å². The summed E-state index contributed by atoms with van der Waals surface area (Å²) in [4.78, 5) is 18.6. The van der Waals surface area contributed by atoms with Crippen molar-refractivity contribution in [1.82, 2.24) is 9.88 Å². The molecule has 7 heteroatoms. The molecule has 22 heavy (non-hydrogen) atoms. The molecule has 0 atom stereocenters. The Bertz CT molecular complexity index is 660. The van der Waals surface area contributed by atoms with E-state index in [4.69, 9.17) is 0 Å². The van der Waals surface area contributed by atoms with Gasteiger partial charge in [-0.2, -0.15) is 0 Å². The van der Waals surface area contributed by atoms with Gasteiger partial charge in [-0.15, -0.1) is 36.2 Å². The highest BCUT2D eigenvalue weighted by Gasteiger charge is 2.17. The van der Waals surface area contributed by atoms with Gasteiger partial charge in [0.15, 0.2) is 0 Å². The first-order chi connectivity index (χ1) is 9.63. The van der Waals surface area contributed by atoms with E-state index >= 15 is 0 Å². The third-order valence-corrected chi connectivity index (χ3v) is 4.30. The molecule has 0 aliphatic carbocycles. The zero-order valence-corrected chi connectivity index (χ0v) is 14.9. The van der Waals surface area contributed by atoms with Gasteiger partial charge in [0.1, 0.15) is 0 Å². The number of carbonyl (C=O) groups is 1. The molecular formula is C15H19Cl2N3OS. The largest absolute Gasteiger partial charge is 0.384 e. The van der Waals surface area contributed by atoms with Gasteiger partial charge in [-0.1, -0.05) is 0 Å². The lowest BCUT2D eigenvalue weighted by Gasteiger charge is -2.16. The number of thiazole rings is 1. The highest BCUT2D eigenvalue weighted by Crippen LogP contribution is 2.23. The van der Waals surface area contributed by atoms with Crippen molar-refractivity contribution in [3.8, 4) is 0 Å². The molecule has 1 N–H and O–H groups in total. The van der Waals surface area contributed by atoms with E-state index in [1.54, 1.807) is 16.2 Å². The summed E-state index contributed by atoms with van der Waals surface area (Å²) in [7, 11) is 1.82. The summed E-state index contributed by atoms with van der Waals surface area (Å²) in [5, 5.41) is 6.34. The first-order valence-electron chi connectivity index (χ1n) is 6.67. The van der Waals surface area contributed by atoms with E-state index in [0.29, 0.717) is 6.54 Å². The average Bonchev–Trinajstić information content (AvgIpc) is 3.05. The minimum Gasteiger partial charge on any atom is -0.384 e. The van der Waals surface area contributed by atoms with Crippen molar-refractivity contribution in [1.29, 1.82) is 0 Å². The van der Waals surface area contributed by atoms with Gasteiger partial charge in [0.05, 0.1) is 17.2 Å². The lowest BCUT2D eigenvalue weighted by molar-refractivity contribution is 0.0783. The predicted molar refractivity (Wildman–Crippen MR) is 95.8 cm³/mol. The van der Waals surface area contributed by atoms with E-state index in [2.05, 4.69) is 10.3 Å². The van der Waals surface area contributed by atoms with E-state index in [1.165, 1.54) is 5.56 Å². The zero-order valence-electron chi connectivity index (χ0n) is 12.5. The molecule has 1 aromatic heterocycles. The van der Waals surface area contributed by atoms with Gasteiger partial charge in [0, 0.05) is 30.2 Å². The van der Waals surface area contributed by atoms with Gasteiger partial charge in [-0.25, -0.2) is 4.98 Å². The van der Waals surface area contributed by atoms with Gasteiger partial charge < -0.3 is 10.2 Å². The molecule has 0 fully saturated rings. The van der Waals surface area contributed by atoms with Crippen molar-refractivity contribution in [3.05, 3.63) is 45.4 Å². The second-order valence-corrected chi connectivity index (χ2v) is 6.13. The number of carbonyl (C=O) groups excluding carboxylic acids is 1. The van der Waals surface area contributed by atoms with Crippen LogP contribution in [0.15, 0.2) is 23.6 Å². The number of hydrogen-bond donors (Lipinski definition) is 1. The smallest absolute Gasteiger partial charge is 0.253 e. The Morgan fingerprint density at radius 2 is 2.18 bits per heavy atom. The standard InChI is InChI=1S/C15H17N3OS.2ClH/c1-10-17-13(9-20-10)8-18(2)15(19)12-3-4-14-11(7-12)5-6-16-14;;/h3-4,7,9,16H,5-6,8H2,1-2H3;2*1H. The average molecular weight is 360 g/mol. The Morgan fingerprint density at radius 1 is 1.41 bits per heavy atom. The molecule has 2 aromatic rings. The quantitative estimate of drug-likeness (QED) is 0.911. The Kier molecular flexibility index (Phi) is 6.66.